The number of carboxylic acid groups (broad SMARTS) is 1. The third kappa shape index (κ3) is 3.14. The van der Waals surface area contributed by atoms with Gasteiger partial charge in [-0.2, -0.15) is 0 Å². The minimum Gasteiger partial charge on any atom is -0.481 e. The zero-order chi connectivity index (χ0) is 13.8. The molecule has 0 saturated heterocycles. The largest absolute Gasteiger partial charge is 0.481 e. The monoisotopic (exact) mass is 257 g/mol. The highest BCUT2D eigenvalue weighted by Crippen LogP contribution is 2.39. The van der Waals surface area contributed by atoms with E-state index < -0.39 is 17.8 Å². The zero-order valence-corrected chi connectivity index (χ0v) is 10.4. The summed E-state index contributed by atoms with van der Waals surface area (Å²) < 4.78 is 0. The first-order chi connectivity index (χ1) is 9.13. The highest BCUT2D eigenvalue weighted by atomic mass is 16.4. The summed E-state index contributed by atoms with van der Waals surface area (Å²) in [6, 6.07) is 9.17. The molecule has 1 aromatic rings. The van der Waals surface area contributed by atoms with Gasteiger partial charge in [-0.05, 0) is 12.0 Å². The molecule has 0 heterocycles. The van der Waals surface area contributed by atoms with E-state index in [-0.39, 0.29) is 11.9 Å². The van der Waals surface area contributed by atoms with Crippen molar-refractivity contribution in [1.82, 2.24) is 5.32 Å². The summed E-state index contributed by atoms with van der Waals surface area (Å²) >= 11 is 0. The number of rotatable bonds is 5. The maximum atomic E-state index is 11.9. The van der Waals surface area contributed by atoms with Gasteiger partial charge in [-0.1, -0.05) is 30.3 Å². The summed E-state index contributed by atoms with van der Waals surface area (Å²) in [6.45, 7) is 0. The van der Waals surface area contributed by atoms with Gasteiger partial charge in [0, 0.05) is 6.42 Å². The minimum absolute atomic E-state index is 0.225. The van der Waals surface area contributed by atoms with Gasteiger partial charge in [0.15, 0.2) is 0 Å². The Balaban J connectivity index is 2.01. The van der Waals surface area contributed by atoms with Crippen molar-refractivity contribution in [1.29, 1.82) is 0 Å². The van der Waals surface area contributed by atoms with Crippen LogP contribution in [0.1, 0.15) is 24.4 Å². The van der Waals surface area contributed by atoms with E-state index in [4.69, 9.17) is 11.5 Å². The van der Waals surface area contributed by atoms with Crippen molar-refractivity contribution >= 4 is 11.9 Å². The third-order valence-corrected chi connectivity index (χ3v) is 3.28. The fraction of sp³-hybridized carbons (Fsp3) is 0.333. The molecule has 0 bridgehead atoms. The number of nitrogens with one attached hydrogen (secondary N) is 1. The Hall–Kier alpha value is -2.28. The van der Waals surface area contributed by atoms with Gasteiger partial charge in [0.05, 0.1) is 17.9 Å². The van der Waals surface area contributed by atoms with Crippen LogP contribution in [0.15, 0.2) is 30.3 Å². The van der Waals surface area contributed by atoms with Crippen LogP contribution >= 0.6 is 0 Å². The number of hydrogen-bond acceptors (Lipinski definition) is 2. The Morgan fingerprint density at radius 1 is 1.37 bits per heavy atom. The summed E-state index contributed by atoms with van der Waals surface area (Å²) in [4.78, 5) is 22.7. The second-order valence-electron chi connectivity index (χ2n) is 4.67. The second kappa shape index (κ2) is 5.57. The average Bonchev–Trinajstić information content (AvgIpc) is 3.19. The van der Waals surface area contributed by atoms with Crippen molar-refractivity contribution in [3.8, 4) is 12.3 Å². The molecule has 0 aliphatic heterocycles. The molecule has 1 saturated carbocycles. The molecule has 3 unspecified atom stereocenters. The van der Waals surface area contributed by atoms with Crippen LogP contribution in [0.2, 0.25) is 0 Å². The molecule has 2 rings (SSSR count). The molecule has 0 spiro atoms. The molecule has 0 aromatic heterocycles. The van der Waals surface area contributed by atoms with Gasteiger partial charge in [-0.25, -0.2) is 0 Å². The Morgan fingerprint density at radius 3 is 2.58 bits per heavy atom. The van der Waals surface area contributed by atoms with Crippen molar-refractivity contribution in [3.63, 3.8) is 0 Å². The molecule has 2 N–H and O–H groups in total. The van der Waals surface area contributed by atoms with Gasteiger partial charge in [0.25, 0.3) is 0 Å². The van der Waals surface area contributed by atoms with Gasteiger partial charge in [0.2, 0.25) is 5.91 Å². The van der Waals surface area contributed by atoms with E-state index in [1.165, 1.54) is 0 Å². The van der Waals surface area contributed by atoms with Crippen molar-refractivity contribution in [2.45, 2.75) is 18.9 Å². The first-order valence-corrected chi connectivity index (χ1v) is 6.15. The number of carboxylic acids is 1. The zero-order valence-electron chi connectivity index (χ0n) is 10.4. The molecule has 3 atom stereocenters. The highest BCUT2D eigenvalue weighted by molar-refractivity contribution is 5.89. The molecule has 19 heavy (non-hydrogen) atoms. The van der Waals surface area contributed by atoms with Crippen LogP contribution in [-0.2, 0) is 9.59 Å². The fourth-order valence-corrected chi connectivity index (χ4v) is 2.09. The van der Waals surface area contributed by atoms with Gasteiger partial charge in [-0.15, -0.1) is 12.3 Å². The van der Waals surface area contributed by atoms with E-state index in [1.807, 2.05) is 30.3 Å². The summed E-state index contributed by atoms with van der Waals surface area (Å²) in [5, 5.41) is 11.7. The van der Waals surface area contributed by atoms with Crippen LogP contribution < -0.4 is 5.32 Å². The molecule has 1 aliphatic carbocycles. The van der Waals surface area contributed by atoms with Crippen LogP contribution in [0.25, 0.3) is 0 Å². The summed E-state index contributed by atoms with van der Waals surface area (Å²) in [5.74, 6) is 0.445. The highest BCUT2D eigenvalue weighted by Gasteiger charge is 2.48. The van der Waals surface area contributed by atoms with Crippen LogP contribution in [0, 0.1) is 24.2 Å². The molecule has 1 amide bonds. The maximum Gasteiger partial charge on any atom is 0.307 e. The lowest BCUT2D eigenvalue weighted by Crippen LogP contribution is -2.30. The molecule has 98 valence electrons. The molecule has 4 heteroatoms. The Morgan fingerprint density at radius 2 is 2.05 bits per heavy atom. The molecule has 1 aromatic carbocycles. The van der Waals surface area contributed by atoms with Gasteiger partial charge in [-0.3, -0.25) is 9.59 Å². The molecular weight excluding hydrogens is 242 g/mol. The van der Waals surface area contributed by atoms with Gasteiger partial charge in [0.1, 0.15) is 0 Å². The Bertz CT molecular complexity index is 518. The van der Waals surface area contributed by atoms with E-state index in [2.05, 4.69) is 11.2 Å². The molecular formula is C15H15NO3. The maximum absolute atomic E-state index is 11.9. The van der Waals surface area contributed by atoms with E-state index in [1.54, 1.807) is 0 Å². The lowest BCUT2D eigenvalue weighted by molar-refractivity contribution is -0.140. The fourth-order valence-electron chi connectivity index (χ4n) is 2.09. The number of aliphatic carboxylic acids is 1. The van der Waals surface area contributed by atoms with Crippen molar-refractivity contribution in [2.75, 3.05) is 0 Å². The van der Waals surface area contributed by atoms with E-state index in [9.17, 15) is 9.59 Å². The van der Waals surface area contributed by atoms with E-state index in [0.717, 1.165) is 5.56 Å². The standard InChI is InChI=1S/C15H15NO3/c1-2-6-13(10-7-4-3-5-8-10)16-14(17)11-9-12(11)15(18)19/h1,3-5,7-8,11-13H,6,9H2,(H,16,17)(H,18,19). The number of amides is 1. The van der Waals surface area contributed by atoms with Crippen LogP contribution in [-0.4, -0.2) is 17.0 Å². The number of benzene rings is 1. The average molecular weight is 257 g/mol. The lowest BCUT2D eigenvalue weighted by atomic mass is 10.0. The number of carbonyl (C=O) groups excluding carboxylic acids is 1. The Kier molecular flexibility index (Phi) is 3.86. The minimum atomic E-state index is -0.909. The molecule has 0 radical (unpaired) electrons. The Labute approximate surface area is 111 Å². The summed E-state index contributed by atoms with van der Waals surface area (Å²) in [6.07, 6.45) is 6.12. The molecule has 1 fully saturated rings. The number of terminal acetylenes is 1. The van der Waals surface area contributed by atoms with Gasteiger partial charge >= 0.3 is 5.97 Å². The van der Waals surface area contributed by atoms with Crippen LogP contribution in [0.5, 0.6) is 0 Å². The lowest BCUT2D eigenvalue weighted by Gasteiger charge is -2.16. The summed E-state index contributed by atoms with van der Waals surface area (Å²) in [7, 11) is 0. The topological polar surface area (TPSA) is 66.4 Å². The quantitative estimate of drug-likeness (QED) is 0.787. The SMILES string of the molecule is C#CCC(NC(=O)C1CC1C(=O)O)c1ccccc1. The van der Waals surface area contributed by atoms with Crippen molar-refractivity contribution in [3.05, 3.63) is 35.9 Å². The van der Waals surface area contributed by atoms with E-state index >= 15 is 0 Å². The smallest absolute Gasteiger partial charge is 0.307 e. The predicted octanol–water partition coefficient (Wildman–Crippen LogP) is 1.59. The predicted molar refractivity (Wildman–Crippen MR) is 70.0 cm³/mol. The first-order valence-electron chi connectivity index (χ1n) is 6.15. The summed E-state index contributed by atoms with van der Waals surface area (Å²) in [5.41, 5.74) is 0.932. The van der Waals surface area contributed by atoms with Crippen LogP contribution in [0.3, 0.4) is 0 Å². The van der Waals surface area contributed by atoms with Gasteiger partial charge < -0.3 is 10.4 Å². The van der Waals surface area contributed by atoms with Crippen molar-refractivity contribution < 1.29 is 14.7 Å². The normalized spacial score (nSPS) is 22.1. The van der Waals surface area contributed by atoms with Crippen molar-refractivity contribution in [2.24, 2.45) is 11.8 Å². The van der Waals surface area contributed by atoms with Crippen LogP contribution in [0.4, 0.5) is 0 Å². The number of hydrogen-bond donors (Lipinski definition) is 2. The number of carbonyl (C=O) groups is 2. The third-order valence-electron chi connectivity index (χ3n) is 3.28. The van der Waals surface area contributed by atoms with E-state index in [0.29, 0.717) is 12.8 Å². The first kappa shape index (κ1) is 13.2. The molecule has 1 aliphatic rings. The molecule has 4 nitrogen and oxygen atoms in total. The second-order valence-corrected chi connectivity index (χ2v) is 4.67.